The Morgan fingerprint density at radius 3 is 1.53 bits per heavy atom. The molecule has 17 heavy (non-hydrogen) atoms. The fraction of sp³-hybridized carbons (Fsp3) is 0. The van der Waals surface area contributed by atoms with E-state index in [1.807, 2.05) is 85.9 Å². The zero-order valence-corrected chi connectivity index (χ0v) is 16.0. The molecule has 0 saturated carbocycles. The summed E-state index contributed by atoms with van der Waals surface area (Å²) in [6.45, 7) is 0. The van der Waals surface area contributed by atoms with Gasteiger partial charge in [0.2, 0.25) is 0 Å². The Bertz CT molecular complexity index is 393. The third-order valence-corrected chi connectivity index (χ3v) is 2.88. The average molecular weight is 397 g/mol. The zero-order valence-electron chi connectivity index (χ0n) is 9.24. The Morgan fingerprint density at radius 2 is 1.24 bits per heavy atom. The molecule has 2 rings (SSSR count). The number of hydrogen-bond donors (Lipinski definition) is 0. The minimum atomic E-state index is 0. The molecule has 5 heteroatoms. The van der Waals surface area contributed by atoms with Crippen molar-refractivity contribution in [2.45, 2.75) is 0 Å². The van der Waals surface area contributed by atoms with E-state index in [1.54, 1.807) is 0 Å². The van der Waals surface area contributed by atoms with Crippen molar-refractivity contribution < 1.29 is 34.0 Å². The topological polar surface area (TPSA) is 0 Å². The van der Waals surface area contributed by atoms with Crippen molar-refractivity contribution in [2.75, 3.05) is 0 Å². The predicted molar refractivity (Wildman–Crippen MR) is 68.7 cm³/mol. The summed E-state index contributed by atoms with van der Waals surface area (Å²) in [5.74, 6) is 0. The molecule has 0 unspecified atom stereocenters. The summed E-state index contributed by atoms with van der Waals surface area (Å²) in [5.41, 5.74) is 0. The van der Waals surface area contributed by atoms with Gasteiger partial charge >= 0.3 is 122 Å². The third kappa shape index (κ3) is 10.8. The Balaban J connectivity index is 0. The van der Waals surface area contributed by atoms with E-state index in [1.165, 1.54) is 7.39 Å². The van der Waals surface area contributed by atoms with Crippen LogP contribution in [0.1, 0.15) is 0 Å². The van der Waals surface area contributed by atoms with Gasteiger partial charge in [0, 0.05) is 0 Å². The molecule has 0 aromatic heterocycles. The van der Waals surface area contributed by atoms with E-state index in [4.69, 9.17) is 11.6 Å². The van der Waals surface area contributed by atoms with E-state index in [-0.39, 0.29) is 34.0 Å². The van der Waals surface area contributed by atoms with Gasteiger partial charge in [-0.1, -0.05) is 0 Å². The van der Waals surface area contributed by atoms with Crippen LogP contribution in [0.2, 0.25) is 5.02 Å². The first-order valence-electron chi connectivity index (χ1n) is 4.63. The predicted octanol–water partition coefficient (Wildman–Crippen LogP) is -4.38. The van der Waals surface area contributed by atoms with Gasteiger partial charge in [0.15, 0.2) is 0 Å². The van der Waals surface area contributed by atoms with Crippen LogP contribution in [0.5, 0.6) is 0 Å². The fourth-order valence-electron chi connectivity index (χ4n) is 1.01. The second-order valence-corrected chi connectivity index (χ2v) is 5.18. The summed E-state index contributed by atoms with van der Waals surface area (Å²) in [4.78, 5) is 0. The molecule has 0 spiro atoms. The molecule has 0 atom stereocenters. The quantitative estimate of drug-likeness (QED) is 0.395. The molecule has 0 radical (unpaired) electrons. The summed E-state index contributed by atoms with van der Waals surface area (Å²) in [7, 11) is 0. The van der Waals surface area contributed by atoms with Gasteiger partial charge in [-0.15, -0.1) is 0 Å². The Kier molecular flexibility index (Phi) is 14.8. The van der Waals surface area contributed by atoms with E-state index < -0.39 is 0 Å². The average Bonchev–Trinajstić information content (AvgIpc) is 2.19. The van der Waals surface area contributed by atoms with E-state index in [0.29, 0.717) is 0 Å². The van der Waals surface area contributed by atoms with Gasteiger partial charge in [-0.3, -0.25) is 0 Å². The van der Waals surface area contributed by atoms with Gasteiger partial charge in [-0.05, 0) is 0 Å². The van der Waals surface area contributed by atoms with Crippen molar-refractivity contribution in [1.82, 2.24) is 0 Å². The first-order chi connectivity index (χ1) is 7.18. The maximum atomic E-state index is 5.65. The first kappa shape index (κ1) is 20.5. The van der Waals surface area contributed by atoms with Gasteiger partial charge in [-0.2, -0.15) is 0 Å². The molecule has 0 amide bonds. The van der Waals surface area contributed by atoms with Crippen molar-refractivity contribution in [3.63, 3.8) is 0 Å². The first-order valence-corrected chi connectivity index (χ1v) is 6.42. The van der Waals surface area contributed by atoms with Gasteiger partial charge in [0.25, 0.3) is 0 Å². The second-order valence-electron chi connectivity index (χ2n) is 3.12. The van der Waals surface area contributed by atoms with Crippen LogP contribution < -0.4 is 41.3 Å². The minimum absolute atomic E-state index is 0. The van der Waals surface area contributed by atoms with Gasteiger partial charge in [0.1, 0.15) is 0 Å². The van der Waals surface area contributed by atoms with Crippen LogP contribution in [0.3, 0.4) is 0 Å². The Labute approximate surface area is 154 Å². The maximum absolute atomic E-state index is 5.65. The fourth-order valence-corrected chi connectivity index (χ4v) is 1.99. The Morgan fingerprint density at radius 1 is 0.706 bits per heavy atom. The monoisotopic (exact) mass is 394 g/mol. The molecule has 0 aliphatic heterocycles. The van der Waals surface area contributed by atoms with Crippen molar-refractivity contribution in [3.05, 3.63) is 59.6 Å². The summed E-state index contributed by atoms with van der Waals surface area (Å²) in [6.07, 6.45) is 0. The van der Waals surface area contributed by atoms with Crippen LogP contribution >= 0.6 is 11.6 Å². The normalized spacial score (nSPS) is 8.06. The van der Waals surface area contributed by atoms with Crippen molar-refractivity contribution in [3.8, 4) is 0 Å². The van der Waals surface area contributed by atoms with Crippen LogP contribution in [-0.2, 0) is 0 Å². The molecule has 0 N–H and O–H groups in total. The molecule has 0 aliphatic carbocycles. The SMILES string of the molecule is [Br-].[Br-].[Mg+][c]1cccc(Cl)c1.[Mg+][c]1ccccc1. The van der Waals surface area contributed by atoms with E-state index >= 15 is 0 Å². The number of hydrogen-bond acceptors (Lipinski definition) is 0. The van der Waals surface area contributed by atoms with E-state index in [9.17, 15) is 0 Å². The summed E-state index contributed by atoms with van der Waals surface area (Å²) >= 11 is 9.38. The molecule has 0 fully saturated rings. The standard InChI is InChI=1S/C6H4Cl.C6H5.2BrH.2Mg/c7-6-4-2-1-3-5-6;1-2-4-6-5-3-1;;;;/h1-2,4-5H;1-5H;2*1H;;/q;;;;2*+1/p-2. The van der Waals surface area contributed by atoms with Crippen LogP contribution in [0.15, 0.2) is 54.6 Å². The summed E-state index contributed by atoms with van der Waals surface area (Å²) in [5, 5.41) is 0.817. The van der Waals surface area contributed by atoms with Crippen molar-refractivity contribution in [1.29, 1.82) is 0 Å². The number of rotatable bonds is 0. The van der Waals surface area contributed by atoms with Crippen LogP contribution in [0.4, 0.5) is 0 Å². The van der Waals surface area contributed by atoms with E-state index in [2.05, 4.69) is 12.1 Å². The molecule has 0 nitrogen and oxygen atoms in total. The van der Waals surface area contributed by atoms with Crippen molar-refractivity contribution >= 4 is 62.4 Å². The van der Waals surface area contributed by atoms with E-state index in [0.717, 1.165) is 5.02 Å². The van der Waals surface area contributed by atoms with Gasteiger partial charge in [-0.25, -0.2) is 0 Å². The molecule has 2 aromatic rings. The third-order valence-electron chi connectivity index (χ3n) is 1.73. The molecule has 0 aliphatic rings. The summed E-state index contributed by atoms with van der Waals surface area (Å²) < 4.78 is 2.58. The molecule has 0 heterocycles. The molecule has 82 valence electrons. The second kappa shape index (κ2) is 12.3. The zero-order chi connectivity index (χ0) is 11.1. The molecular weight excluding hydrogens is 388 g/mol. The van der Waals surface area contributed by atoms with Crippen LogP contribution in [0, 0.1) is 0 Å². The van der Waals surface area contributed by atoms with Crippen LogP contribution in [0.25, 0.3) is 0 Å². The molecule has 2 aromatic carbocycles. The molecule has 0 saturated heterocycles. The van der Waals surface area contributed by atoms with Crippen LogP contribution in [-0.4, -0.2) is 43.4 Å². The van der Waals surface area contributed by atoms with Gasteiger partial charge < -0.3 is 34.0 Å². The molecule has 0 bridgehead atoms. The van der Waals surface area contributed by atoms with Gasteiger partial charge in [0.05, 0.1) is 0 Å². The number of halogens is 3. The number of benzene rings is 2. The molecular formula is C12H9Br2ClMg2. The summed E-state index contributed by atoms with van der Waals surface area (Å²) in [6, 6.07) is 18.1. The Hall–Kier alpha value is 1.22. The van der Waals surface area contributed by atoms with Crippen molar-refractivity contribution in [2.24, 2.45) is 0 Å².